The molecule has 2 aromatic carbocycles. The van der Waals surface area contributed by atoms with E-state index in [4.69, 9.17) is 26.6 Å². The SMILES string of the molecule is CCCC(CC)N=Cc1c(C)nc(NC2CC=CCC2)nc1NCc1ccc(CCCn2ncc3c(NCc4ccccc4C)nc(Cl)nc32)cc1C. The number of halogens is 1. The highest BCUT2D eigenvalue weighted by atomic mass is 35.5. The molecule has 5 aromatic rings. The van der Waals surface area contributed by atoms with Gasteiger partial charge in [-0.15, -0.1) is 0 Å². The average Bonchev–Trinajstić information content (AvgIpc) is 3.56. The zero-order valence-corrected chi connectivity index (χ0v) is 32.5. The Hall–Kier alpha value is -4.83. The summed E-state index contributed by atoms with van der Waals surface area (Å²) in [6, 6.07) is 15.7. The van der Waals surface area contributed by atoms with Gasteiger partial charge in [-0.1, -0.05) is 74.9 Å². The van der Waals surface area contributed by atoms with Gasteiger partial charge in [0.05, 0.1) is 22.8 Å². The molecule has 0 aliphatic heterocycles. The van der Waals surface area contributed by atoms with Crippen LogP contribution in [0.5, 0.6) is 0 Å². The van der Waals surface area contributed by atoms with Gasteiger partial charge >= 0.3 is 0 Å². The minimum Gasteiger partial charge on any atom is -0.365 e. The van der Waals surface area contributed by atoms with E-state index in [2.05, 4.69) is 108 Å². The highest BCUT2D eigenvalue weighted by Crippen LogP contribution is 2.25. The van der Waals surface area contributed by atoms with Crippen LogP contribution in [0.3, 0.4) is 0 Å². The largest absolute Gasteiger partial charge is 0.365 e. The molecule has 0 saturated carbocycles. The number of rotatable bonds is 17. The first-order chi connectivity index (χ1) is 25.8. The molecule has 6 rings (SSSR count). The first-order valence-corrected chi connectivity index (χ1v) is 19.5. The second kappa shape index (κ2) is 18.3. The van der Waals surface area contributed by atoms with Crippen LogP contribution in [0.2, 0.25) is 5.28 Å². The number of hydrogen-bond donors (Lipinski definition) is 3. The Labute approximate surface area is 319 Å². The number of aryl methyl sites for hydroxylation is 5. The number of nitrogens with zero attached hydrogens (tertiary/aromatic N) is 7. The number of anilines is 3. The number of allylic oxidation sites excluding steroid dienone is 1. The van der Waals surface area contributed by atoms with Crippen molar-refractivity contribution in [3.8, 4) is 0 Å². The monoisotopic (exact) mass is 732 g/mol. The molecule has 1 aliphatic carbocycles. The highest BCUT2D eigenvalue weighted by Gasteiger charge is 2.17. The molecule has 0 fully saturated rings. The molecule has 3 N–H and O–H groups in total. The molecule has 0 saturated heterocycles. The third-order valence-corrected chi connectivity index (χ3v) is 10.3. The molecule has 3 aromatic heterocycles. The Morgan fingerprint density at radius 1 is 0.943 bits per heavy atom. The summed E-state index contributed by atoms with van der Waals surface area (Å²) >= 11 is 6.37. The van der Waals surface area contributed by atoms with E-state index in [-0.39, 0.29) is 5.28 Å². The Bertz CT molecular complexity index is 2050. The van der Waals surface area contributed by atoms with Gasteiger partial charge in [0, 0.05) is 37.9 Å². The summed E-state index contributed by atoms with van der Waals surface area (Å²) in [7, 11) is 0. The molecule has 3 heterocycles. The minimum absolute atomic E-state index is 0.207. The number of hydrogen-bond acceptors (Lipinski definition) is 9. The Kier molecular flexibility index (Phi) is 13.1. The van der Waals surface area contributed by atoms with Crippen molar-refractivity contribution in [2.75, 3.05) is 16.0 Å². The second-order valence-corrected chi connectivity index (χ2v) is 14.4. The predicted molar refractivity (Wildman–Crippen MR) is 219 cm³/mol. The van der Waals surface area contributed by atoms with E-state index in [0.717, 1.165) is 86.0 Å². The van der Waals surface area contributed by atoms with Crippen molar-refractivity contribution in [2.24, 2.45) is 4.99 Å². The maximum Gasteiger partial charge on any atom is 0.226 e. The lowest BCUT2D eigenvalue weighted by molar-refractivity contribution is 0.591. The molecule has 2 unspecified atom stereocenters. The summed E-state index contributed by atoms with van der Waals surface area (Å²) in [5, 5.41) is 16.4. The van der Waals surface area contributed by atoms with Crippen LogP contribution >= 0.6 is 11.6 Å². The van der Waals surface area contributed by atoms with E-state index < -0.39 is 0 Å². The molecular formula is C42H53ClN10. The summed E-state index contributed by atoms with van der Waals surface area (Å²) in [5.41, 5.74) is 8.81. The Morgan fingerprint density at radius 3 is 2.51 bits per heavy atom. The van der Waals surface area contributed by atoms with Crippen molar-refractivity contribution in [1.82, 2.24) is 29.7 Å². The zero-order chi connectivity index (χ0) is 37.2. The molecule has 53 heavy (non-hydrogen) atoms. The molecule has 0 bridgehead atoms. The second-order valence-electron chi connectivity index (χ2n) is 14.1. The summed E-state index contributed by atoms with van der Waals surface area (Å²) in [6.45, 7) is 12.8. The van der Waals surface area contributed by atoms with E-state index >= 15 is 0 Å². The maximum absolute atomic E-state index is 6.37. The molecule has 10 nitrogen and oxygen atoms in total. The smallest absolute Gasteiger partial charge is 0.226 e. The van der Waals surface area contributed by atoms with Crippen LogP contribution in [0, 0.1) is 20.8 Å². The summed E-state index contributed by atoms with van der Waals surface area (Å²) in [6.07, 6.45) is 16.5. The van der Waals surface area contributed by atoms with E-state index in [9.17, 15) is 0 Å². The van der Waals surface area contributed by atoms with Crippen molar-refractivity contribution >= 4 is 46.4 Å². The van der Waals surface area contributed by atoms with Crippen LogP contribution in [0.15, 0.2) is 65.8 Å². The fraction of sp³-hybridized carbons (Fsp3) is 0.429. The van der Waals surface area contributed by atoms with Crippen LogP contribution < -0.4 is 16.0 Å². The van der Waals surface area contributed by atoms with E-state index in [1.807, 2.05) is 29.2 Å². The van der Waals surface area contributed by atoms with Gasteiger partial charge in [0.25, 0.3) is 0 Å². The molecule has 2 atom stereocenters. The van der Waals surface area contributed by atoms with E-state index in [1.165, 1.54) is 27.8 Å². The third kappa shape index (κ3) is 9.99. The maximum atomic E-state index is 6.37. The fourth-order valence-electron chi connectivity index (χ4n) is 6.88. The van der Waals surface area contributed by atoms with Crippen LogP contribution in [-0.2, 0) is 26.1 Å². The molecule has 11 heteroatoms. The lowest BCUT2D eigenvalue weighted by atomic mass is 10.0. The fourth-order valence-corrected chi connectivity index (χ4v) is 7.04. The summed E-state index contributed by atoms with van der Waals surface area (Å²) in [5.74, 6) is 2.18. The van der Waals surface area contributed by atoms with Crippen LogP contribution in [0.25, 0.3) is 11.0 Å². The van der Waals surface area contributed by atoms with Gasteiger partial charge in [-0.25, -0.2) is 9.67 Å². The third-order valence-electron chi connectivity index (χ3n) is 10.1. The van der Waals surface area contributed by atoms with Crippen molar-refractivity contribution in [3.63, 3.8) is 0 Å². The topological polar surface area (TPSA) is 118 Å². The van der Waals surface area contributed by atoms with Gasteiger partial charge in [-0.3, -0.25) is 4.99 Å². The highest BCUT2D eigenvalue weighted by molar-refractivity contribution is 6.28. The van der Waals surface area contributed by atoms with Gasteiger partial charge < -0.3 is 16.0 Å². The summed E-state index contributed by atoms with van der Waals surface area (Å²) in [4.78, 5) is 23.8. The average molecular weight is 733 g/mol. The molecular weight excluding hydrogens is 680 g/mol. The van der Waals surface area contributed by atoms with Crippen molar-refractivity contribution < 1.29 is 0 Å². The first kappa shape index (κ1) is 37.9. The standard InChI is InChI=1S/C42H53ClN10/c1-6-14-34(7-2)44-26-36-30(5)48-42(49-35-18-9-8-10-19-35)51-38(36)45-25-33-21-20-31(23-29(33)4)16-13-22-53-40-37(27-47-53)39(50-41(43)52-40)46-24-32-17-12-11-15-28(32)3/h8-9,11-12,15,17,20-21,23,26-27,34-35H,6-7,10,13-14,16,18-19,22,24-25H2,1-5H3,(H,46,50,52)(H2,45,48,49,51). The van der Waals surface area contributed by atoms with E-state index in [1.54, 1.807) is 0 Å². The predicted octanol–water partition coefficient (Wildman–Crippen LogP) is 9.57. The lowest BCUT2D eigenvalue weighted by Crippen LogP contribution is -2.22. The normalized spacial score (nSPS) is 14.9. The quantitative estimate of drug-likeness (QED) is 0.0492. The number of aromatic nitrogens is 6. The van der Waals surface area contributed by atoms with Crippen LogP contribution in [0.1, 0.15) is 97.9 Å². The van der Waals surface area contributed by atoms with Gasteiger partial charge in [-0.05, 0) is 105 Å². The number of fused-ring (bicyclic) bond motifs is 1. The lowest BCUT2D eigenvalue weighted by Gasteiger charge is -2.21. The van der Waals surface area contributed by atoms with Gasteiger partial charge in [0.1, 0.15) is 11.6 Å². The molecule has 0 radical (unpaired) electrons. The number of aliphatic imine (C=N–C) groups is 1. The number of benzene rings is 2. The first-order valence-electron chi connectivity index (χ1n) is 19.1. The molecule has 278 valence electrons. The van der Waals surface area contributed by atoms with Crippen molar-refractivity contribution in [3.05, 3.63) is 105 Å². The van der Waals surface area contributed by atoms with Crippen LogP contribution in [-0.4, -0.2) is 48.0 Å². The van der Waals surface area contributed by atoms with Gasteiger partial charge in [0.2, 0.25) is 11.2 Å². The summed E-state index contributed by atoms with van der Waals surface area (Å²) < 4.78 is 1.93. The zero-order valence-electron chi connectivity index (χ0n) is 31.8. The van der Waals surface area contributed by atoms with Crippen molar-refractivity contribution in [1.29, 1.82) is 0 Å². The minimum atomic E-state index is 0.207. The molecule has 0 spiro atoms. The van der Waals surface area contributed by atoms with Crippen LogP contribution in [0.4, 0.5) is 17.6 Å². The Balaban J connectivity index is 1.10. The van der Waals surface area contributed by atoms with Gasteiger partial charge in [-0.2, -0.15) is 20.1 Å². The van der Waals surface area contributed by atoms with Gasteiger partial charge in [0.15, 0.2) is 5.65 Å². The van der Waals surface area contributed by atoms with E-state index in [0.29, 0.717) is 36.9 Å². The molecule has 1 aliphatic rings. The van der Waals surface area contributed by atoms with Crippen molar-refractivity contribution in [2.45, 2.75) is 118 Å². The molecule has 0 amide bonds. The Morgan fingerprint density at radius 2 is 1.75 bits per heavy atom. The number of nitrogens with one attached hydrogen (secondary N) is 3.